The van der Waals surface area contributed by atoms with Crippen LogP contribution in [-0.2, 0) is 9.53 Å². The highest BCUT2D eigenvalue weighted by atomic mass is 35.5. The van der Waals surface area contributed by atoms with E-state index in [0.717, 1.165) is 11.3 Å². The number of methoxy groups -OCH3 is 1. The third-order valence-electron chi connectivity index (χ3n) is 4.92. The Balaban J connectivity index is 1.80. The lowest BCUT2D eigenvalue weighted by Crippen LogP contribution is -2.50. The zero-order valence-electron chi connectivity index (χ0n) is 14.4. The maximum Gasteiger partial charge on any atom is 0.326 e. The minimum atomic E-state index is -1.29. The number of nitrogens with one attached hydrogen (secondary N) is 1. The van der Waals surface area contributed by atoms with Crippen molar-refractivity contribution in [3.63, 3.8) is 0 Å². The smallest absolute Gasteiger partial charge is 0.326 e. The maximum atomic E-state index is 14.4. The number of likely N-dealkylation sites (tertiary alicyclic amines) is 1. The lowest BCUT2D eigenvalue weighted by molar-refractivity contribution is -0.147. The summed E-state index contributed by atoms with van der Waals surface area (Å²) < 4.78 is 21.0. The lowest BCUT2D eigenvalue weighted by atomic mass is 10.0. The number of hydrogen-bond donors (Lipinski definition) is 1. The molecule has 4 rings (SSSR count). The predicted molar refractivity (Wildman–Crippen MR) is 101 cm³/mol. The van der Waals surface area contributed by atoms with Gasteiger partial charge in [-0.05, 0) is 24.6 Å². The zero-order valence-corrected chi connectivity index (χ0v) is 15.9. The van der Waals surface area contributed by atoms with E-state index in [1.807, 2.05) is 16.7 Å². The number of carbonyl (C=O) groups is 1. The molecule has 2 aliphatic heterocycles. The molecule has 0 radical (unpaired) electrons. The number of nitrogens with zero attached hydrogens (tertiary/aromatic N) is 3. The van der Waals surface area contributed by atoms with Crippen molar-refractivity contribution in [2.24, 2.45) is 0 Å². The Morgan fingerprint density at radius 3 is 2.93 bits per heavy atom. The molecule has 0 aliphatic carbocycles. The van der Waals surface area contributed by atoms with Crippen LogP contribution in [-0.4, -0.2) is 52.5 Å². The summed E-state index contributed by atoms with van der Waals surface area (Å²) in [4.78, 5) is 18.0. The van der Waals surface area contributed by atoms with Crippen molar-refractivity contribution in [2.45, 2.75) is 24.8 Å². The Kier molecular flexibility index (Phi) is 4.84. The topological polar surface area (TPSA) is 59.4 Å². The number of benzene rings is 1. The van der Waals surface area contributed by atoms with Gasteiger partial charge in [0.25, 0.3) is 0 Å². The molecule has 0 spiro atoms. The molecule has 3 atom stereocenters. The van der Waals surface area contributed by atoms with Crippen LogP contribution < -0.4 is 5.32 Å². The fraction of sp³-hybridized carbons (Fsp3) is 0.333. The van der Waals surface area contributed by atoms with Crippen molar-refractivity contribution >= 4 is 40.6 Å². The molecule has 6 nitrogen and oxygen atoms in total. The van der Waals surface area contributed by atoms with Crippen LogP contribution in [0, 0.1) is 0 Å². The summed E-state index contributed by atoms with van der Waals surface area (Å²) in [5, 5.41) is 4.07. The number of aromatic nitrogens is 2. The van der Waals surface area contributed by atoms with Crippen molar-refractivity contribution in [3.8, 4) is 0 Å². The predicted octanol–water partition coefficient (Wildman–Crippen LogP) is 3.42. The molecule has 0 amide bonds. The fourth-order valence-corrected chi connectivity index (χ4v) is 4.01. The van der Waals surface area contributed by atoms with Gasteiger partial charge in [0.05, 0.1) is 34.9 Å². The first-order chi connectivity index (χ1) is 13.0. The molecule has 2 aromatic rings. The molecule has 9 heteroatoms. The van der Waals surface area contributed by atoms with Crippen LogP contribution in [0.3, 0.4) is 0 Å². The van der Waals surface area contributed by atoms with Crippen LogP contribution in [0.25, 0.3) is 5.70 Å². The average Bonchev–Trinajstić information content (AvgIpc) is 3.33. The van der Waals surface area contributed by atoms with Crippen LogP contribution in [0.4, 0.5) is 10.1 Å². The van der Waals surface area contributed by atoms with Gasteiger partial charge in [0.2, 0.25) is 0 Å². The van der Waals surface area contributed by atoms with Crippen LogP contribution in [0.1, 0.15) is 12.0 Å². The quantitative estimate of drug-likeness (QED) is 0.785. The van der Waals surface area contributed by atoms with Crippen molar-refractivity contribution in [1.29, 1.82) is 0 Å². The van der Waals surface area contributed by atoms with Gasteiger partial charge in [0.1, 0.15) is 18.4 Å². The van der Waals surface area contributed by atoms with E-state index in [4.69, 9.17) is 27.9 Å². The van der Waals surface area contributed by atoms with Gasteiger partial charge in [-0.15, -0.1) is 0 Å². The third-order valence-corrected chi connectivity index (χ3v) is 5.73. The number of ether oxygens (including phenoxy) is 1. The molecule has 1 unspecified atom stereocenters. The SMILES string of the molecule is COC(=O)[C@@H]1[C@@H](F)CCN1C1C=C(n2ccnc2)c2ccc(Cl)c(Cl)c2N1. The Morgan fingerprint density at radius 2 is 2.22 bits per heavy atom. The van der Waals surface area contributed by atoms with Gasteiger partial charge in [-0.2, -0.15) is 0 Å². The molecular formula is C18H17Cl2FN4O2. The lowest BCUT2D eigenvalue weighted by Gasteiger charge is -2.35. The van der Waals surface area contributed by atoms with Gasteiger partial charge < -0.3 is 14.6 Å². The Bertz CT molecular complexity index is 903. The van der Waals surface area contributed by atoms with Crippen LogP contribution >= 0.6 is 23.2 Å². The second kappa shape index (κ2) is 7.14. The highest BCUT2D eigenvalue weighted by molar-refractivity contribution is 6.44. The number of halogens is 3. The molecular weight excluding hydrogens is 394 g/mol. The van der Waals surface area contributed by atoms with E-state index in [1.165, 1.54) is 7.11 Å². The summed E-state index contributed by atoms with van der Waals surface area (Å²) in [5.74, 6) is -0.595. The molecule has 1 saturated heterocycles. The summed E-state index contributed by atoms with van der Waals surface area (Å²) >= 11 is 12.6. The molecule has 0 saturated carbocycles. The monoisotopic (exact) mass is 410 g/mol. The molecule has 1 fully saturated rings. The third kappa shape index (κ3) is 3.09. The van der Waals surface area contributed by atoms with Gasteiger partial charge in [0.15, 0.2) is 0 Å². The van der Waals surface area contributed by atoms with E-state index in [0.29, 0.717) is 22.3 Å². The van der Waals surface area contributed by atoms with Crippen molar-refractivity contribution in [2.75, 3.05) is 19.0 Å². The number of rotatable bonds is 3. The number of hydrogen-bond acceptors (Lipinski definition) is 5. The van der Waals surface area contributed by atoms with E-state index in [1.54, 1.807) is 29.7 Å². The Labute approximate surface area is 165 Å². The van der Waals surface area contributed by atoms with Crippen molar-refractivity contribution in [3.05, 3.63) is 52.5 Å². The van der Waals surface area contributed by atoms with E-state index in [2.05, 4.69) is 10.3 Å². The number of fused-ring (bicyclic) bond motifs is 1. The minimum Gasteiger partial charge on any atom is -0.468 e. The maximum absolute atomic E-state index is 14.4. The Hall–Kier alpha value is -2.09. The second-order valence-corrected chi connectivity index (χ2v) is 7.19. The van der Waals surface area contributed by atoms with E-state index in [9.17, 15) is 9.18 Å². The first kappa shape index (κ1) is 18.3. The molecule has 2 aliphatic rings. The number of carbonyl (C=O) groups excluding carboxylic acids is 1. The van der Waals surface area contributed by atoms with Gasteiger partial charge in [-0.25, -0.2) is 9.37 Å². The van der Waals surface area contributed by atoms with Crippen LogP contribution in [0.2, 0.25) is 10.0 Å². The average molecular weight is 411 g/mol. The highest BCUT2D eigenvalue weighted by Crippen LogP contribution is 2.41. The summed E-state index contributed by atoms with van der Waals surface area (Å²) in [6, 6.07) is 2.60. The summed E-state index contributed by atoms with van der Waals surface area (Å²) in [7, 11) is 1.26. The van der Waals surface area contributed by atoms with Crippen LogP contribution in [0.5, 0.6) is 0 Å². The number of esters is 1. The molecule has 3 heterocycles. The molecule has 0 bridgehead atoms. The van der Waals surface area contributed by atoms with Crippen LogP contribution in [0.15, 0.2) is 36.9 Å². The Morgan fingerprint density at radius 1 is 1.41 bits per heavy atom. The first-order valence-electron chi connectivity index (χ1n) is 8.44. The largest absolute Gasteiger partial charge is 0.468 e. The van der Waals surface area contributed by atoms with E-state index in [-0.39, 0.29) is 6.42 Å². The summed E-state index contributed by atoms with van der Waals surface area (Å²) in [6.45, 7) is 0.403. The molecule has 1 aromatic heterocycles. The normalized spacial score (nSPS) is 24.9. The number of imidazole rings is 1. The number of alkyl halides is 1. The fourth-order valence-electron chi connectivity index (χ4n) is 3.63. The molecule has 1 aromatic carbocycles. The van der Waals surface area contributed by atoms with Gasteiger partial charge in [-0.3, -0.25) is 9.69 Å². The summed E-state index contributed by atoms with van der Waals surface area (Å²) in [6.07, 6.45) is 5.56. The molecule has 142 valence electrons. The van der Waals surface area contributed by atoms with Gasteiger partial charge in [0, 0.05) is 24.5 Å². The van der Waals surface area contributed by atoms with Gasteiger partial charge >= 0.3 is 5.97 Å². The zero-order chi connectivity index (χ0) is 19.1. The second-order valence-electron chi connectivity index (χ2n) is 6.41. The van der Waals surface area contributed by atoms with Crippen molar-refractivity contribution in [1.82, 2.24) is 14.5 Å². The molecule has 1 N–H and O–H groups in total. The molecule has 27 heavy (non-hydrogen) atoms. The summed E-state index contributed by atoms with van der Waals surface area (Å²) in [5.41, 5.74) is 2.28. The van der Waals surface area contributed by atoms with Gasteiger partial charge in [-0.1, -0.05) is 23.2 Å². The standard InChI is InChI=1S/C18H17Cl2FN4O2/c1-27-18(26)17-12(21)4-6-25(17)14-8-13(24-7-5-22-9-24)10-2-3-11(19)15(20)16(10)23-14/h2-3,5,7-9,12,14,17,23H,4,6H2,1H3/t12-,14?,17-/m0/s1. The first-order valence-corrected chi connectivity index (χ1v) is 9.19. The number of anilines is 1. The van der Waals surface area contributed by atoms with E-state index >= 15 is 0 Å². The highest BCUT2D eigenvalue weighted by Gasteiger charge is 2.44. The minimum absolute atomic E-state index is 0.252. The van der Waals surface area contributed by atoms with Crippen molar-refractivity contribution < 1.29 is 13.9 Å². The van der Waals surface area contributed by atoms with E-state index < -0.39 is 24.3 Å².